The number of carbonyl (C=O) groups excluding carboxylic acids is 1. The van der Waals surface area contributed by atoms with Crippen LogP contribution in [-0.4, -0.2) is 40.5 Å². The zero-order valence-electron chi connectivity index (χ0n) is 14.7. The first-order valence-electron chi connectivity index (χ1n) is 9.28. The van der Waals surface area contributed by atoms with E-state index in [1.165, 1.54) is 64.5 Å². The number of aryl methyl sites for hydroxylation is 1. The largest absolute Gasteiger partial charge is 0.349 e. The number of aromatic nitrogens is 1. The predicted molar refractivity (Wildman–Crippen MR) is 93.7 cm³/mol. The zero-order chi connectivity index (χ0) is 16.3. The minimum Gasteiger partial charge on any atom is -0.349 e. The molecule has 2 fully saturated rings. The molecule has 4 nitrogen and oxygen atoms in total. The van der Waals surface area contributed by atoms with Crippen molar-refractivity contribution in [3.8, 4) is 0 Å². The van der Waals surface area contributed by atoms with Crippen LogP contribution in [0.2, 0.25) is 0 Å². The summed E-state index contributed by atoms with van der Waals surface area (Å²) in [4.78, 5) is 15.3. The molecule has 4 heteroatoms. The number of carbonyl (C=O) groups is 1. The van der Waals surface area contributed by atoms with Crippen molar-refractivity contribution in [3.05, 3.63) is 23.5 Å². The van der Waals surface area contributed by atoms with Crippen LogP contribution in [0, 0.1) is 6.92 Å². The van der Waals surface area contributed by atoms with Crippen molar-refractivity contribution in [1.82, 2.24) is 14.8 Å². The molecule has 1 aliphatic carbocycles. The third kappa shape index (κ3) is 3.47. The normalized spacial score (nSPS) is 22.0. The van der Waals surface area contributed by atoms with Gasteiger partial charge in [0.2, 0.25) is 0 Å². The average molecular weight is 317 g/mol. The smallest absolute Gasteiger partial charge is 0.267 e. The first-order valence-corrected chi connectivity index (χ1v) is 9.28. The van der Waals surface area contributed by atoms with Gasteiger partial charge in [0, 0.05) is 24.8 Å². The summed E-state index contributed by atoms with van der Waals surface area (Å²) >= 11 is 0. The third-order valence-corrected chi connectivity index (χ3v) is 5.99. The number of hydrogen-bond acceptors (Lipinski definition) is 2. The summed E-state index contributed by atoms with van der Waals surface area (Å²) in [5, 5.41) is 3.26. The highest BCUT2D eigenvalue weighted by molar-refractivity contribution is 5.92. The van der Waals surface area contributed by atoms with E-state index < -0.39 is 0 Å². The second-order valence-electron chi connectivity index (χ2n) is 7.43. The Hall–Kier alpha value is -1.29. The lowest BCUT2D eigenvalue weighted by Gasteiger charge is -2.48. The molecule has 3 rings (SSSR count). The molecule has 128 valence electrons. The first-order chi connectivity index (χ1) is 11.1. The van der Waals surface area contributed by atoms with E-state index in [1.807, 2.05) is 30.7 Å². The molecule has 0 unspecified atom stereocenters. The minimum atomic E-state index is 0.0718. The Morgan fingerprint density at radius 1 is 1.09 bits per heavy atom. The standard InChI is InChI=1S/C19H31N3O/c1-16-9-10-17(21(16)2)18(23)20-15-19(11-5-3-6-12-19)22-13-7-4-8-14-22/h9-10H,3-8,11-15H2,1-2H3,(H,20,23). The van der Waals surface area contributed by atoms with Gasteiger partial charge in [0.25, 0.3) is 5.91 Å². The number of rotatable bonds is 4. The molecule has 2 heterocycles. The molecule has 0 bridgehead atoms. The molecule has 0 aromatic carbocycles. The van der Waals surface area contributed by atoms with Gasteiger partial charge >= 0.3 is 0 Å². The molecule has 1 aromatic rings. The lowest BCUT2D eigenvalue weighted by atomic mass is 9.79. The van der Waals surface area contributed by atoms with Crippen LogP contribution >= 0.6 is 0 Å². The van der Waals surface area contributed by atoms with E-state index in [1.54, 1.807) is 0 Å². The van der Waals surface area contributed by atoms with Crippen LogP contribution in [0.1, 0.15) is 67.5 Å². The average Bonchev–Trinajstić information content (AvgIpc) is 2.94. The summed E-state index contributed by atoms with van der Waals surface area (Å²) in [5.74, 6) is 0.0718. The first kappa shape index (κ1) is 16.6. The monoisotopic (exact) mass is 317 g/mol. The van der Waals surface area contributed by atoms with Gasteiger partial charge in [-0.2, -0.15) is 0 Å². The highest BCUT2D eigenvalue weighted by Gasteiger charge is 2.38. The van der Waals surface area contributed by atoms with E-state index in [0.717, 1.165) is 17.9 Å². The summed E-state index contributed by atoms with van der Waals surface area (Å²) < 4.78 is 1.98. The van der Waals surface area contributed by atoms with Gasteiger partial charge in [0.05, 0.1) is 0 Å². The fourth-order valence-corrected chi connectivity index (χ4v) is 4.36. The summed E-state index contributed by atoms with van der Waals surface area (Å²) in [7, 11) is 1.96. The Morgan fingerprint density at radius 2 is 1.74 bits per heavy atom. The van der Waals surface area contributed by atoms with Crippen LogP contribution in [0.3, 0.4) is 0 Å². The Morgan fingerprint density at radius 3 is 2.35 bits per heavy atom. The van der Waals surface area contributed by atoms with Crippen LogP contribution < -0.4 is 5.32 Å². The number of piperidine rings is 1. The predicted octanol–water partition coefficient (Wildman–Crippen LogP) is 3.25. The Labute approximate surface area is 140 Å². The summed E-state index contributed by atoms with van der Waals surface area (Å²) in [6, 6.07) is 3.94. The van der Waals surface area contributed by atoms with E-state index in [-0.39, 0.29) is 11.4 Å². The van der Waals surface area contributed by atoms with Crippen molar-refractivity contribution in [1.29, 1.82) is 0 Å². The molecule has 23 heavy (non-hydrogen) atoms. The molecule has 1 amide bonds. The van der Waals surface area contributed by atoms with E-state index in [0.29, 0.717) is 0 Å². The number of hydrogen-bond donors (Lipinski definition) is 1. The molecule has 0 atom stereocenters. The van der Waals surface area contributed by atoms with E-state index in [2.05, 4.69) is 10.2 Å². The number of amides is 1. The fraction of sp³-hybridized carbons (Fsp3) is 0.737. The lowest BCUT2D eigenvalue weighted by molar-refractivity contribution is 0.0325. The van der Waals surface area contributed by atoms with Gasteiger partial charge in [-0.15, -0.1) is 0 Å². The Bertz CT molecular complexity index is 537. The summed E-state index contributed by atoms with van der Waals surface area (Å²) in [6.07, 6.45) is 10.4. The molecule has 1 aliphatic heterocycles. The molecule has 0 spiro atoms. The van der Waals surface area contributed by atoms with E-state index >= 15 is 0 Å². The maximum Gasteiger partial charge on any atom is 0.267 e. The molecular formula is C19H31N3O. The summed E-state index contributed by atoms with van der Waals surface area (Å²) in [6.45, 7) is 5.25. The maximum atomic E-state index is 12.6. The quantitative estimate of drug-likeness (QED) is 0.925. The molecular weight excluding hydrogens is 286 g/mol. The number of nitrogens with one attached hydrogen (secondary N) is 1. The van der Waals surface area contributed by atoms with Crippen molar-refractivity contribution in [2.45, 2.75) is 63.8 Å². The minimum absolute atomic E-state index is 0.0718. The van der Waals surface area contributed by atoms with Crippen LogP contribution in [-0.2, 0) is 7.05 Å². The Kier molecular flexibility index (Phi) is 5.10. The molecule has 0 radical (unpaired) electrons. The third-order valence-electron chi connectivity index (χ3n) is 5.99. The molecule has 1 N–H and O–H groups in total. The van der Waals surface area contributed by atoms with Crippen LogP contribution in [0.5, 0.6) is 0 Å². The number of likely N-dealkylation sites (tertiary alicyclic amines) is 1. The molecule has 1 saturated heterocycles. The second-order valence-corrected chi connectivity index (χ2v) is 7.43. The van der Waals surface area contributed by atoms with Gasteiger partial charge in [-0.05, 0) is 57.8 Å². The van der Waals surface area contributed by atoms with Gasteiger partial charge < -0.3 is 9.88 Å². The maximum absolute atomic E-state index is 12.6. The van der Waals surface area contributed by atoms with Crippen molar-refractivity contribution < 1.29 is 4.79 Å². The SMILES string of the molecule is Cc1ccc(C(=O)NCC2(N3CCCCC3)CCCCC2)n1C. The van der Waals surface area contributed by atoms with Gasteiger partial charge in [-0.3, -0.25) is 9.69 Å². The molecule has 2 aliphatic rings. The lowest BCUT2D eigenvalue weighted by Crippen LogP contribution is -2.58. The van der Waals surface area contributed by atoms with Crippen LogP contribution in [0.15, 0.2) is 12.1 Å². The van der Waals surface area contributed by atoms with Crippen molar-refractivity contribution in [3.63, 3.8) is 0 Å². The topological polar surface area (TPSA) is 37.3 Å². The van der Waals surface area contributed by atoms with Crippen molar-refractivity contribution in [2.75, 3.05) is 19.6 Å². The fourth-order valence-electron chi connectivity index (χ4n) is 4.36. The van der Waals surface area contributed by atoms with Gasteiger partial charge in [-0.1, -0.05) is 25.7 Å². The highest BCUT2D eigenvalue weighted by atomic mass is 16.1. The summed E-state index contributed by atoms with van der Waals surface area (Å²) in [5.41, 5.74) is 2.10. The zero-order valence-corrected chi connectivity index (χ0v) is 14.7. The molecule has 1 saturated carbocycles. The van der Waals surface area contributed by atoms with Gasteiger partial charge in [-0.25, -0.2) is 0 Å². The van der Waals surface area contributed by atoms with Crippen molar-refractivity contribution >= 4 is 5.91 Å². The molecule has 1 aromatic heterocycles. The van der Waals surface area contributed by atoms with Gasteiger partial charge in [0.1, 0.15) is 5.69 Å². The van der Waals surface area contributed by atoms with Crippen LogP contribution in [0.4, 0.5) is 0 Å². The second kappa shape index (κ2) is 7.08. The number of nitrogens with zero attached hydrogens (tertiary/aromatic N) is 2. The van der Waals surface area contributed by atoms with Gasteiger partial charge in [0.15, 0.2) is 0 Å². The van der Waals surface area contributed by atoms with Crippen LogP contribution in [0.25, 0.3) is 0 Å². The van der Waals surface area contributed by atoms with E-state index in [9.17, 15) is 4.79 Å². The van der Waals surface area contributed by atoms with E-state index in [4.69, 9.17) is 0 Å². The Balaban J connectivity index is 1.68. The highest BCUT2D eigenvalue weighted by Crippen LogP contribution is 2.35. The van der Waals surface area contributed by atoms with Crippen molar-refractivity contribution in [2.24, 2.45) is 7.05 Å².